The second-order valence-corrected chi connectivity index (χ2v) is 5.46. The number of benzene rings is 1. The fourth-order valence-corrected chi connectivity index (χ4v) is 1.96. The third-order valence-corrected chi connectivity index (χ3v) is 3.44. The van der Waals surface area contributed by atoms with Crippen LogP contribution in [0.25, 0.3) is 0 Å². The minimum absolute atomic E-state index is 0.0253. The van der Waals surface area contributed by atoms with Gasteiger partial charge in [-0.25, -0.2) is 0 Å². The molecule has 2 N–H and O–H groups in total. The van der Waals surface area contributed by atoms with Crippen molar-refractivity contribution in [2.75, 3.05) is 26.7 Å². The molecule has 0 saturated heterocycles. The zero-order valence-electron chi connectivity index (χ0n) is 11.4. The maximum atomic E-state index is 11.9. The summed E-state index contributed by atoms with van der Waals surface area (Å²) in [5.74, 6) is 0.895. The Bertz CT molecular complexity index is 395. The summed E-state index contributed by atoms with van der Waals surface area (Å²) in [6.07, 6.45) is 0.719. The van der Waals surface area contributed by atoms with Gasteiger partial charge in [-0.3, -0.25) is 4.79 Å². The highest BCUT2D eigenvalue weighted by atomic mass is 79.9. The van der Waals surface area contributed by atoms with Crippen molar-refractivity contribution in [3.8, 4) is 5.75 Å². The van der Waals surface area contributed by atoms with Crippen LogP contribution >= 0.6 is 15.9 Å². The molecule has 0 aliphatic rings. The van der Waals surface area contributed by atoms with Crippen molar-refractivity contribution in [1.29, 1.82) is 0 Å². The summed E-state index contributed by atoms with van der Waals surface area (Å²) in [6, 6.07) is 7.63. The molecule has 0 radical (unpaired) electrons. The number of carbonyl (C=O) groups is 1. The third-order valence-electron chi connectivity index (χ3n) is 2.91. The van der Waals surface area contributed by atoms with Crippen molar-refractivity contribution in [3.05, 3.63) is 28.7 Å². The van der Waals surface area contributed by atoms with Crippen LogP contribution in [0.2, 0.25) is 0 Å². The predicted molar refractivity (Wildman–Crippen MR) is 80.1 cm³/mol. The monoisotopic (exact) mass is 328 g/mol. The summed E-state index contributed by atoms with van der Waals surface area (Å²) >= 11 is 3.37. The van der Waals surface area contributed by atoms with Gasteiger partial charge in [-0.05, 0) is 37.2 Å². The molecule has 106 valence electrons. The number of carbonyl (C=O) groups excluding carboxylic acids is 1. The number of rotatable bonds is 7. The summed E-state index contributed by atoms with van der Waals surface area (Å²) in [6.45, 7) is 3.50. The van der Waals surface area contributed by atoms with E-state index >= 15 is 0 Å². The standard InChI is InChI=1S/C14H21BrN2O2/c1-11(7-8-16)14(18)17(2)9-10-19-13-5-3-12(15)4-6-13/h3-6,11H,7-10,16H2,1-2H3. The van der Waals surface area contributed by atoms with Gasteiger partial charge in [0.1, 0.15) is 12.4 Å². The largest absolute Gasteiger partial charge is 0.492 e. The minimum Gasteiger partial charge on any atom is -0.492 e. The second-order valence-electron chi connectivity index (χ2n) is 4.54. The molecule has 4 nitrogen and oxygen atoms in total. The Morgan fingerprint density at radius 1 is 1.42 bits per heavy atom. The van der Waals surface area contributed by atoms with Gasteiger partial charge in [0.05, 0.1) is 6.54 Å². The average Bonchev–Trinajstić information content (AvgIpc) is 2.40. The number of halogens is 1. The Kier molecular flexibility index (Phi) is 6.87. The molecule has 19 heavy (non-hydrogen) atoms. The Balaban J connectivity index is 2.32. The number of hydrogen-bond acceptors (Lipinski definition) is 3. The average molecular weight is 329 g/mol. The lowest BCUT2D eigenvalue weighted by Gasteiger charge is -2.21. The van der Waals surface area contributed by atoms with E-state index in [1.807, 2.05) is 31.2 Å². The first kappa shape index (κ1) is 16.0. The van der Waals surface area contributed by atoms with E-state index in [0.29, 0.717) is 19.7 Å². The normalized spacial score (nSPS) is 12.0. The van der Waals surface area contributed by atoms with Gasteiger partial charge in [-0.15, -0.1) is 0 Å². The number of nitrogens with two attached hydrogens (primary N) is 1. The van der Waals surface area contributed by atoms with E-state index < -0.39 is 0 Å². The first-order valence-electron chi connectivity index (χ1n) is 6.38. The second kappa shape index (κ2) is 8.17. The zero-order valence-corrected chi connectivity index (χ0v) is 13.0. The molecule has 0 heterocycles. The first-order valence-corrected chi connectivity index (χ1v) is 7.17. The van der Waals surface area contributed by atoms with E-state index in [1.54, 1.807) is 11.9 Å². The number of likely N-dealkylation sites (N-methyl/N-ethyl adjacent to an activating group) is 1. The van der Waals surface area contributed by atoms with Gasteiger partial charge in [-0.2, -0.15) is 0 Å². The highest BCUT2D eigenvalue weighted by Gasteiger charge is 2.16. The molecule has 1 unspecified atom stereocenters. The molecule has 0 bridgehead atoms. The van der Waals surface area contributed by atoms with E-state index in [9.17, 15) is 4.79 Å². The van der Waals surface area contributed by atoms with E-state index in [4.69, 9.17) is 10.5 Å². The van der Waals surface area contributed by atoms with Gasteiger partial charge in [0.2, 0.25) is 5.91 Å². The molecule has 0 saturated carbocycles. The highest BCUT2D eigenvalue weighted by Crippen LogP contribution is 2.16. The molecule has 0 spiro atoms. The lowest BCUT2D eigenvalue weighted by molar-refractivity contribution is -0.134. The number of nitrogens with zero attached hydrogens (tertiary/aromatic N) is 1. The van der Waals surface area contributed by atoms with Crippen LogP contribution in [-0.2, 0) is 4.79 Å². The van der Waals surface area contributed by atoms with Crippen LogP contribution in [0.3, 0.4) is 0 Å². The molecule has 1 aromatic carbocycles. The molecular weight excluding hydrogens is 308 g/mol. The summed E-state index contributed by atoms with van der Waals surface area (Å²) in [4.78, 5) is 13.6. The smallest absolute Gasteiger partial charge is 0.225 e. The highest BCUT2D eigenvalue weighted by molar-refractivity contribution is 9.10. The maximum absolute atomic E-state index is 11.9. The van der Waals surface area contributed by atoms with Crippen LogP contribution < -0.4 is 10.5 Å². The molecule has 5 heteroatoms. The van der Waals surface area contributed by atoms with E-state index in [0.717, 1.165) is 16.6 Å². The maximum Gasteiger partial charge on any atom is 0.225 e. The summed E-state index contributed by atoms with van der Waals surface area (Å²) in [7, 11) is 1.79. The SMILES string of the molecule is CC(CCN)C(=O)N(C)CCOc1ccc(Br)cc1. The van der Waals surface area contributed by atoms with Gasteiger partial charge in [-0.1, -0.05) is 22.9 Å². The Labute approximate surface area is 123 Å². The molecule has 0 aromatic heterocycles. The molecule has 0 aliphatic heterocycles. The summed E-state index contributed by atoms with van der Waals surface area (Å²) in [5.41, 5.74) is 5.46. The molecule has 0 fully saturated rings. The van der Waals surface area contributed by atoms with Crippen molar-refractivity contribution in [1.82, 2.24) is 4.90 Å². The van der Waals surface area contributed by atoms with E-state index in [-0.39, 0.29) is 11.8 Å². The van der Waals surface area contributed by atoms with Crippen molar-refractivity contribution in [2.45, 2.75) is 13.3 Å². The fraction of sp³-hybridized carbons (Fsp3) is 0.500. The Morgan fingerprint density at radius 2 is 2.05 bits per heavy atom. The van der Waals surface area contributed by atoms with E-state index in [2.05, 4.69) is 15.9 Å². The van der Waals surface area contributed by atoms with Crippen LogP contribution in [0.5, 0.6) is 5.75 Å². The fourth-order valence-electron chi connectivity index (χ4n) is 1.69. The van der Waals surface area contributed by atoms with Crippen LogP contribution in [0, 0.1) is 5.92 Å². The van der Waals surface area contributed by atoms with Crippen LogP contribution in [0.15, 0.2) is 28.7 Å². The van der Waals surface area contributed by atoms with Crippen molar-refractivity contribution >= 4 is 21.8 Å². The zero-order chi connectivity index (χ0) is 14.3. The first-order chi connectivity index (χ1) is 9.04. The summed E-state index contributed by atoms with van der Waals surface area (Å²) in [5, 5.41) is 0. The van der Waals surface area contributed by atoms with Gasteiger partial charge >= 0.3 is 0 Å². The Hall–Kier alpha value is -1.07. The molecule has 1 aromatic rings. The van der Waals surface area contributed by atoms with Crippen molar-refractivity contribution < 1.29 is 9.53 Å². The number of amides is 1. The van der Waals surface area contributed by atoms with Crippen LogP contribution in [0.4, 0.5) is 0 Å². The molecule has 1 rings (SSSR count). The van der Waals surface area contributed by atoms with Crippen LogP contribution in [-0.4, -0.2) is 37.6 Å². The minimum atomic E-state index is -0.0253. The lowest BCUT2D eigenvalue weighted by Crippen LogP contribution is -2.35. The van der Waals surface area contributed by atoms with Crippen molar-refractivity contribution in [3.63, 3.8) is 0 Å². The van der Waals surface area contributed by atoms with Gasteiger partial charge in [0, 0.05) is 17.4 Å². The van der Waals surface area contributed by atoms with Crippen molar-refractivity contribution in [2.24, 2.45) is 11.7 Å². The van der Waals surface area contributed by atoms with Crippen LogP contribution in [0.1, 0.15) is 13.3 Å². The predicted octanol–water partition coefficient (Wildman–Crippen LogP) is 2.27. The molecular formula is C14H21BrN2O2. The number of ether oxygens (including phenoxy) is 1. The lowest BCUT2D eigenvalue weighted by atomic mass is 10.1. The number of hydrogen-bond donors (Lipinski definition) is 1. The topological polar surface area (TPSA) is 55.6 Å². The molecule has 0 aliphatic carbocycles. The summed E-state index contributed by atoms with van der Waals surface area (Å²) < 4.78 is 6.60. The van der Waals surface area contributed by atoms with E-state index in [1.165, 1.54) is 0 Å². The van der Waals surface area contributed by atoms with Gasteiger partial charge in [0.25, 0.3) is 0 Å². The molecule has 1 amide bonds. The van der Waals surface area contributed by atoms with Gasteiger partial charge in [0.15, 0.2) is 0 Å². The van der Waals surface area contributed by atoms with Gasteiger partial charge < -0.3 is 15.4 Å². The third kappa shape index (κ3) is 5.61. The molecule has 1 atom stereocenters. The Morgan fingerprint density at radius 3 is 2.63 bits per heavy atom. The quantitative estimate of drug-likeness (QED) is 0.835.